The van der Waals surface area contributed by atoms with Gasteiger partial charge < -0.3 is 19.4 Å². The third kappa shape index (κ3) is 1.72. The van der Waals surface area contributed by atoms with Gasteiger partial charge in [-0.05, 0) is 19.1 Å². The number of allylic oxidation sites excluding steroid dienone is 1. The number of ether oxygens (including phenoxy) is 1. The van der Waals surface area contributed by atoms with E-state index in [1.165, 1.54) is 13.0 Å². The zero-order chi connectivity index (χ0) is 11.7. The van der Waals surface area contributed by atoms with E-state index >= 15 is 0 Å². The highest BCUT2D eigenvalue weighted by Gasteiger charge is 2.27. The molecule has 0 bridgehead atoms. The van der Waals surface area contributed by atoms with Gasteiger partial charge in [0.25, 0.3) is 5.78 Å². The molecule has 5 heteroatoms. The summed E-state index contributed by atoms with van der Waals surface area (Å²) in [5.41, 5.74) is 0. The zero-order valence-electron chi connectivity index (χ0n) is 8.56. The Kier molecular flexibility index (Phi) is 2.54. The van der Waals surface area contributed by atoms with Gasteiger partial charge in [0.05, 0.1) is 0 Å². The molecule has 0 atom stereocenters. The lowest BCUT2D eigenvalue weighted by molar-refractivity contribution is -0.115. The Labute approximate surface area is 91.3 Å². The second-order valence-corrected chi connectivity index (χ2v) is 3.31. The normalized spacial score (nSPS) is 18.4. The molecule has 0 aliphatic carbocycles. The average molecular weight is 222 g/mol. The maximum atomic E-state index is 11.4. The van der Waals surface area contributed by atoms with Crippen LogP contribution in [0.1, 0.15) is 18.4 Å². The van der Waals surface area contributed by atoms with Crippen molar-refractivity contribution in [1.82, 2.24) is 0 Å². The summed E-state index contributed by atoms with van der Waals surface area (Å²) in [4.78, 5) is 11.4. The minimum atomic E-state index is -0.570. The van der Waals surface area contributed by atoms with Crippen molar-refractivity contribution < 1.29 is 24.2 Å². The first-order valence-corrected chi connectivity index (χ1v) is 4.65. The number of Topliss-reactive ketones (excluding diaryl/α,β-unsaturated/α-hetero) is 1. The minimum absolute atomic E-state index is 0.00818. The van der Waals surface area contributed by atoms with Crippen LogP contribution in [-0.2, 0) is 16.1 Å². The summed E-state index contributed by atoms with van der Waals surface area (Å²) in [6.45, 7) is 1.29. The largest absolute Gasteiger partial charge is 0.502 e. The molecule has 2 heterocycles. The number of ketones is 1. The molecule has 1 aromatic rings. The van der Waals surface area contributed by atoms with Gasteiger partial charge in [0.1, 0.15) is 23.9 Å². The highest BCUT2D eigenvalue weighted by atomic mass is 16.5. The van der Waals surface area contributed by atoms with Crippen LogP contribution in [0.4, 0.5) is 0 Å². The fraction of sp³-hybridized carbons (Fsp3) is 0.182. The topological polar surface area (TPSA) is 79.9 Å². The maximum absolute atomic E-state index is 11.4. The predicted octanol–water partition coefficient (Wildman–Crippen LogP) is 1.50. The van der Waals surface area contributed by atoms with Gasteiger partial charge in [0.15, 0.2) is 5.76 Å². The van der Waals surface area contributed by atoms with E-state index in [0.29, 0.717) is 11.5 Å². The zero-order valence-corrected chi connectivity index (χ0v) is 8.56. The molecular weight excluding hydrogens is 212 g/mol. The Morgan fingerprint density at radius 3 is 2.69 bits per heavy atom. The van der Waals surface area contributed by atoms with Crippen LogP contribution in [0, 0.1) is 0 Å². The molecule has 2 N–H and O–H groups in total. The predicted molar refractivity (Wildman–Crippen MR) is 54.0 cm³/mol. The first-order valence-electron chi connectivity index (χ1n) is 4.65. The Bertz CT molecular complexity index is 492. The second-order valence-electron chi connectivity index (χ2n) is 3.31. The molecule has 0 spiro atoms. The van der Waals surface area contributed by atoms with E-state index in [1.54, 1.807) is 12.1 Å². The number of rotatable bonds is 2. The number of aliphatic hydroxyl groups is 2. The van der Waals surface area contributed by atoms with Crippen LogP contribution < -0.4 is 0 Å². The van der Waals surface area contributed by atoms with E-state index in [4.69, 9.17) is 14.3 Å². The summed E-state index contributed by atoms with van der Waals surface area (Å²) in [5, 5.41) is 18.0. The van der Waals surface area contributed by atoms with Crippen molar-refractivity contribution in [1.29, 1.82) is 0 Å². The smallest absolute Gasteiger partial charge is 0.266 e. The molecule has 5 nitrogen and oxygen atoms in total. The highest BCUT2D eigenvalue weighted by molar-refractivity contribution is 6.09. The molecular formula is C11H10O5. The maximum Gasteiger partial charge on any atom is 0.266 e. The number of hydrogen-bond donors (Lipinski definition) is 2. The fourth-order valence-electron chi connectivity index (χ4n) is 1.32. The Morgan fingerprint density at radius 1 is 1.44 bits per heavy atom. The molecule has 0 radical (unpaired) electrons. The molecule has 0 saturated carbocycles. The lowest BCUT2D eigenvalue weighted by atomic mass is 10.2. The van der Waals surface area contributed by atoms with Crippen molar-refractivity contribution in [2.45, 2.75) is 13.5 Å². The minimum Gasteiger partial charge on any atom is -0.502 e. The van der Waals surface area contributed by atoms with Crippen molar-refractivity contribution in [3.8, 4) is 0 Å². The summed E-state index contributed by atoms with van der Waals surface area (Å²) in [6, 6.07) is 3.19. The van der Waals surface area contributed by atoms with Crippen molar-refractivity contribution in [3.05, 3.63) is 40.9 Å². The van der Waals surface area contributed by atoms with E-state index in [0.717, 1.165) is 0 Å². The molecule has 1 aliphatic heterocycles. The van der Waals surface area contributed by atoms with Crippen LogP contribution in [0.2, 0.25) is 0 Å². The monoisotopic (exact) mass is 222 g/mol. The van der Waals surface area contributed by atoms with Crippen molar-refractivity contribution in [2.75, 3.05) is 0 Å². The lowest BCUT2D eigenvalue weighted by Gasteiger charge is -1.95. The number of furan rings is 1. The summed E-state index contributed by atoms with van der Waals surface area (Å²) < 4.78 is 10.2. The molecule has 0 aromatic carbocycles. The summed E-state index contributed by atoms with van der Waals surface area (Å²) >= 11 is 0. The third-order valence-corrected chi connectivity index (χ3v) is 2.15. The molecule has 84 valence electrons. The van der Waals surface area contributed by atoms with Crippen LogP contribution in [0.5, 0.6) is 0 Å². The number of carbonyl (C=O) groups is 1. The SMILES string of the molecule is CC1=C(O)C(=O)/C(=C\c2ccc(CO)o2)O1. The Balaban J connectivity index is 2.24. The van der Waals surface area contributed by atoms with E-state index in [9.17, 15) is 9.90 Å². The van der Waals surface area contributed by atoms with E-state index in [1.807, 2.05) is 0 Å². The van der Waals surface area contributed by atoms with Crippen LogP contribution in [0.25, 0.3) is 6.08 Å². The van der Waals surface area contributed by atoms with Gasteiger partial charge in [-0.25, -0.2) is 0 Å². The van der Waals surface area contributed by atoms with Crippen LogP contribution in [0.15, 0.2) is 33.8 Å². The number of carbonyl (C=O) groups excluding carboxylic acids is 1. The molecule has 16 heavy (non-hydrogen) atoms. The van der Waals surface area contributed by atoms with Crippen molar-refractivity contribution in [2.24, 2.45) is 0 Å². The van der Waals surface area contributed by atoms with E-state index < -0.39 is 5.78 Å². The molecule has 0 unspecified atom stereocenters. The second kappa shape index (κ2) is 3.86. The van der Waals surface area contributed by atoms with Crippen molar-refractivity contribution in [3.63, 3.8) is 0 Å². The number of hydrogen-bond acceptors (Lipinski definition) is 5. The van der Waals surface area contributed by atoms with E-state index in [2.05, 4.69) is 0 Å². The van der Waals surface area contributed by atoms with Crippen LogP contribution in [-0.4, -0.2) is 16.0 Å². The molecule has 0 saturated heterocycles. The quantitative estimate of drug-likeness (QED) is 0.741. The van der Waals surface area contributed by atoms with Crippen LogP contribution in [0.3, 0.4) is 0 Å². The van der Waals surface area contributed by atoms with Gasteiger partial charge in [0, 0.05) is 6.08 Å². The van der Waals surface area contributed by atoms with E-state index in [-0.39, 0.29) is 23.9 Å². The van der Waals surface area contributed by atoms with Gasteiger partial charge >= 0.3 is 0 Å². The molecule has 0 fully saturated rings. The first-order chi connectivity index (χ1) is 7.61. The summed E-state index contributed by atoms with van der Waals surface area (Å²) in [5.74, 6) is -0.000220. The standard InChI is InChI=1S/C11H10O5/c1-6-10(13)11(14)9(15-6)4-7-2-3-8(5-12)16-7/h2-4,12-13H,5H2,1H3/b9-4+. The lowest BCUT2D eigenvalue weighted by Crippen LogP contribution is -1.98. The summed E-state index contributed by atoms with van der Waals surface area (Å²) in [6.07, 6.45) is 1.37. The molecule has 1 aliphatic rings. The van der Waals surface area contributed by atoms with Crippen molar-refractivity contribution >= 4 is 11.9 Å². The number of aliphatic hydroxyl groups excluding tert-OH is 2. The Morgan fingerprint density at radius 2 is 2.19 bits per heavy atom. The summed E-state index contributed by atoms with van der Waals surface area (Å²) in [7, 11) is 0. The van der Waals surface area contributed by atoms with Gasteiger partial charge in [-0.15, -0.1) is 0 Å². The Hall–Kier alpha value is -2.01. The first kappa shape index (κ1) is 10.5. The van der Waals surface area contributed by atoms with Gasteiger partial charge in [-0.3, -0.25) is 4.79 Å². The fourth-order valence-corrected chi connectivity index (χ4v) is 1.32. The van der Waals surface area contributed by atoms with Gasteiger partial charge in [-0.2, -0.15) is 0 Å². The highest BCUT2D eigenvalue weighted by Crippen LogP contribution is 2.24. The van der Waals surface area contributed by atoms with Gasteiger partial charge in [-0.1, -0.05) is 0 Å². The average Bonchev–Trinajstić information content (AvgIpc) is 2.81. The van der Waals surface area contributed by atoms with Gasteiger partial charge in [0.2, 0.25) is 5.76 Å². The third-order valence-electron chi connectivity index (χ3n) is 2.15. The van der Waals surface area contributed by atoms with Crippen LogP contribution >= 0.6 is 0 Å². The molecule has 0 amide bonds. The molecule has 2 rings (SSSR count). The molecule has 1 aromatic heterocycles.